The number of anilines is 1. The van der Waals surface area contributed by atoms with Crippen molar-refractivity contribution in [3.63, 3.8) is 0 Å². The van der Waals surface area contributed by atoms with E-state index >= 15 is 0 Å². The van der Waals surface area contributed by atoms with Crippen molar-refractivity contribution in [2.24, 2.45) is 0 Å². The highest BCUT2D eigenvalue weighted by molar-refractivity contribution is 7.98. The van der Waals surface area contributed by atoms with Crippen LogP contribution in [0.2, 0.25) is 0 Å². The fourth-order valence-electron chi connectivity index (χ4n) is 2.85. The Hall–Kier alpha value is -2.12. The van der Waals surface area contributed by atoms with E-state index in [9.17, 15) is 4.79 Å². The number of imidazole rings is 1. The van der Waals surface area contributed by atoms with Gasteiger partial charge in [0.05, 0.1) is 17.6 Å². The summed E-state index contributed by atoms with van der Waals surface area (Å²) in [7, 11) is 0. The van der Waals surface area contributed by atoms with Crippen molar-refractivity contribution in [2.75, 3.05) is 11.4 Å². The molecule has 1 amide bonds. The molecule has 2 heterocycles. The molecule has 0 bridgehead atoms. The minimum absolute atomic E-state index is 0.0234. The molecule has 0 aliphatic heterocycles. The Morgan fingerprint density at radius 3 is 2.63 bits per heavy atom. The Morgan fingerprint density at radius 2 is 2.00 bits per heavy atom. The van der Waals surface area contributed by atoms with E-state index in [1.54, 1.807) is 23.6 Å². The topological polar surface area (TPSA) is 51.0 Å². The SMILES string of the molecule is CCN(C(C)=O)c1nc(CSc2ncc(-c3ccc(C)cc3)n2CC)cs1. The number of rotatable bonds is 7. The van der Waals surface area contributed by atoms with Crippen molar-refractivity contribution in [1.82, 2.24) is 14.5 Å². The normalized spacial score (nSPS) is 11.0. The highest BCUT2D eigenvalue weighted by atomic mass is 32.2. The van der Waals surface area contributed by atoms with Crippen LogP contribution in [0.15, 0.2) is 41.0 Å². The first-order chi connectivity index (χ1) is 13.0. The van der Waals surface area contributed by atoms with Crippen LogP contribution < -0.4 is 4.90 Å². The van der Waals surface area contributed by atoms with Gasteiger partial charge in [-0.3, -0.25) is 9.69 Å². The van der Waals surface area contributed by atoms with Crippen LogP contribution in [-0.4, -0.2) is 27.0 Å². The maximum atomic E-state index is 11.7. The molecule has 0 spiro atoms. The lowest BCUT2D eigenvalue weighted by Gasteiger charge is -2.14. The quantitative estimate of drug-likeness (QED) is 0.524. The summed E-state index contributed by atoms with van der Waals surface area (Å²) in [6.45, 7) is 9.26. The van der Waals surface area contributed by atoms with E-state index in [-0.39, 0.29) is 5.91 Å². The van der Waals surface area contributed by atoms with Gasteiger partial charge in [0.2, 0.25) is 5.91 Å². The Balaban J connectivity index is 1.74. The van der Waals surface area contributed by atoms with E-state index < -0.39 is 0 Å². The number of hydrogen-bond donors (Lipinski definition) is 0. The summed E-state index contributed by atoms with van der Waals surface area (Å²) < 4.78 is 2.23. The summed E-state index contributed by atoms with van der Waals surface area (Å²) in [6.07, 6.45) is 1.94. The fraction of sp³-hybridized carbons (Fsp3) is 0.350. The molecule has 3 aromatic rings. The van der Waals surface area contributed by atoms with E-state index in [0.717, 1.165) is 34.0 Å². The molecule has 5 nitrogen and oxygen atoms in total. The lowest BCUT2D eigenvalue weighted by molar-refractivity contribution is -0.116. The Bertz CT molecular complexity index is 914. The predicted octanol–water partition coefficient (Wildman–Crippen LogP) is 5.00. The number of nitrogens with zero attached hydrogens (tertiary/aromatic N) is 4. The van der Waals surface area contributed by atoms with Crippen molar-refractivity contribution in [2.45, 2.75) is 45.1 Å². The van der Waals surface area contributed by atoms with Gasteiger partial charge in [-0.2, -0.15) is 0 Å². The standard InChI is InChI=1S/C20H24N4OS2/c1-5-23(15(4)25)20-22-17(13-27-20)12-26-19-21-11-18(24(19)6-2)16-9-7-14(3)8-10-16/h7-11,13H,5-6,12H2,1-4H3. The molecule has 0 aliphatic carbocycles. The number of amides is 1. The molecule has 0 atom stereocenters. The maximum absolute atomic E-state index is 11.7. The summed E-state index contributed by atoms with van der Waals surface area (Å²) >= 11 is 3.19. The van der Waals surface area contributed by atoms with Gasteiger partial charge in [0.1, 0.15) is 0 Å². The third-order valence-corrected chi connectivity index (χ3v) is 6.24. The molecule has 0 saturated heterocycles. The molecular formula is C20H24N4OS2. The highest BCUT2D eigenvalue weighted by Gasteiger charge is 2.15. The fourth-order valence-corrected chi connectivity index (χ4v) is 4.83. The van der Waals surface area contributed by atoms with Gasteiger partial charge in [0.25, 0.3) is 0 Å². The second kappa shape index (κ2) is 8.71. The molecule has 0 unspecified atom stereocenters. The second-order valence-corrected chi connectivity index (χ2v) is 7.99. The second-order valence-electron chi connectivity index (χ2n) is 6.21. The number of aromatic nitrogens is 3. The monoisotopic (exact) mass is 400 g/mol. The zero-order valence-corrected chi connectivity index (χ0v) is 17.7. The summed E-state index contributed by atoms with van der Waals surface area (Å²) in [5.74, 6) is 0.756. The van der Waals surface area contributed by atoms with Crippen molar-refractivity contribution < 1.29 is 4.79 Å². The molecule has 7 heteroatoms. The molecule has 0 radical (unpaired) electrons. The number of hydrogen-bond acceptors (Lipinski definition) is 5. The van der Waals surface area contributed by atoms with Crippen LogP contribution >= 0.6 is 23.1 Å². The van der Waals surface area contributed by atoms with Crippen LogP contribution in [0.3, 0.4) is 0 Å². The molecule has 0 aliphatic rings. The van der Waals surface area contributed by atoms with Crippen molar-refractivity contribution >= 4 is 34.1 Å². The predicted molar refractivity (Wildman–Crippen MR) is 113 cm³/mol. The van der Waals surface area contributed by atoms with Crippen molar-refractivity contribution in [3.8, 4) is 11.3 Å². The van der Waals surface area contributed by atoms with Gasteiger partial charge < -0.3 is 4.57 Å². The third-order valence-electron chi connectivity index (χ3n) is 4.30. The van der Waals surface area contributed by atoms with Crippen LogP contribution in [0.1, 0.15) is 32.0 Å². The highest BCUT2D eigenvalue weighted by Crippen LogP contribution is 2.30. The molecule has 0 N–H and O–H groups in total. The van der Waals surface area contributed by atoms with Crippen LogP contribution in [0.5, 0.6) is 0 Å². The van der Waals surface area contributed by atoms with Crippen LogP contribution in [0.25, 0.3) is 11.3 Å². The van der Waals surface area contributed by atoms with Crippen LogP contribution in [0.4, 0.5) is 5.13 Å². The summed E-state index contributed by atoms with van der Waals surface area (Å²) in [4.78, 5) is 22.6. The minimum Gasteiger partial charge on any atom is -0.319 e. The third kappa shape index (κ3) is 4.42. The van der Waals surface area contributed by atoms with E-state index in [2.05, 4.69) is 52.6 Å². The average Bonchev–Trinajstić information content (AvgIpc) is 3.27. The van der Waals surface area contributed by atoms with Gasteiger partial charge in [0, 0.05) is 31.1 Å². The molecule has 2 aromatic heterocycles. The molecule has 0 saturated carbocycles. The largest absolute Gasteiger partial charge is 0.319 e. The molecule has 1 aromatic carbocycles. The van der Waals surface area contributed by atoms with E-state index in [1.165, 1.54) is 22.5 Å². The van der Waals surface area contributed by atoms with Gasteiger partial charge in [-0.25, -0.2) is 9.97 Å². The van der Waals surface area contributed by atoms with Gasteiger partial charge in [-0.1, -0.05) is 41.6 Å². The molecular weight excluding hydrogens is 376 g/mol. The van der Waals surface area contributed by atoms with Crippen molar-refractivity contribution in [3.05, 3.63) is 47.1 Å². The lowest BCUT2D eigenvalue weighted by atomic mass is 10.1. The first-order valence-electron chi connectivity index (χ1n) is 9.01. The van der Waals surface area contributed by atoms with E-state index in [4.69, 9.17) is 0 Å². The Kier molecular flexibility index (Phi) is 6.34. The number of thioether (sulfide) groups is 1. The van der Waals surface area contributed by atoms with Gasteiger partial charge in [0.15, 0.2) is 10.3 Å². The lowest BCUT2D eigenvalue weighted by Crippen LogP contribution is -2.27. The smallest absolute Gasteiger partial charge is 0.225 e. The molecule has 3 rings (SSSR count). The molecule has 27 heavy (non-hydrogen) atoms. The van der Waals surface area contributed by atoms with Gasteiger partial charge >= 0.3 is 0 Å². The van der Waals surface area contributed by atoms with Gasteiger partial charge in [-0.15, -0.1) is 11.3 Å². The number of benzene rings is 1. The van der Waals surface area contributed by atoms with E-state index in [1.807, 2.05) is 18.5 Å². The van der Waals surface area contributed by atoms with Crippen LogP contribution in [-0.2, 0) is 17.1 Å². The summed E-state index contributed by atoms with van der Waals surface area (Å²) in [5, 5.41) is 3.77. The Morgan fingerprint density at radius 1 is 1.26 bits per heavy atom. The zero-order valence-electron chi connectivity index (χ0n) is 16.1. The Labute approximate surface area is 168 Å². The number of carbonyl (C=O) groups is 1. The number of thiazole rings is 1. The maximum Gasteiger partial charge on any atom is 0.225 e. The molecule has 0 fully saturated rings. The van der Waals surface area contributed by atoms with Gasteiger partial charge in [-0.05, 0) is 26.3 Å². The summed E-state index contributed by atoms with van der Waals surface area (Å²) in [5.41, 5.74) is 4.54. The number of aryl methyl sites for hydroxylation is 1. The van der Waals surface area contributed by atoms with Crippen LogP contribution in [0, 0.1) is 6.92 Å². The van der Waals surface area contributed by atoms with Crippen molar-refractivity contribution in [1.29, 1.82) is 0 Å². The average molecular weight is 401 g/mol. The first kappa shape index (κ1) is 19.6. The zero-order chi connectivity index (χ0) is 19.4. The first-order valence-corrected chi connectivity index (χ1v) is 10.9. The minimum atomic E-state index is 0.0234. The van der Waals surface area contributed by atoms with E-state index in [0.29, 0.717) is 6.54 Å². The molecule has 142 valence electrons. The summed E-state index contributed by atoms with van der Waals surface area (Å²) in [6, 6.07) is 8.53. The number of carbonyl (C=O) groups excluding carboxylic acids is 1.